The number of carbonyl (C=O) groups excluding carboxylic acids is 1. The van der Waals surface area contributed by atoms with Crippen LogP contribution in [0.5, 0.6) is 0 Å². The standard InChI is InChI=1S/C10H8N2O2/c11-10(13)2-1-8-7-4-6-14-9(7)3-5-12-8/h1-6H,(H2,11,13). The van der Waals surface area contributed by atoms with Gasteiger partial charge in [-0.3, -0.25) is 9.78 Å². The van der Waals surface area contributed by atoms with Gasteiger partial charge < -0.3 is 10.2 Å². The van der Waals surface area contributed by atoms with Gasteiger partial charge in [-0.25, -0.2) is 0 Å². The Labute approximate surface area is 80.0 Å². The third-order valence-electron chi connectivity index (χ3n) is 1.82. The molecule has 14 heavy (non-hydrogen) atoms. The first-order valence-corrected chi connectivity index (χ1v) is 4.07. The van der Waals surface area contributed by atoms with Crippen molar-refractivity contribution >= 4 is 23.0 Å². The van der Waals surface area contributed by atoms with Crippen molar-refractivity contribution in [2.45, 2.75) is 0 Å². The topological polar surface area (TPSA) is 69.1 Å². The van der Waals surface area contributed by atoms with E-state index in [9.17, 15) is 4.79 Å². The van der Waals surface area contributed by atoms with Gasteiger partial charge in [0.2, 0.25) is 5.91 Å². The fraction of sp³-hybridized carbons (Fsp3) is 0. The lowest BCUT2D eigenvalue weighted by Gasteiger charge is -1.92. The zero-order valence-electron chi connectivity index (χ0n) is 7.31. The van der Waals surface area contributed by atoms with Crippen molar-refractivity contribution in [3.05, 3.63) is 36.4 Å². The zero-order chi connectivity index (χ0) is 9.97. The highest BCUT2D eigenvalue weighted by Crippen LogP contribution is 2.18. The molecule has 0 saturated carbocycles. The molecule has 2 N–H and O–H groups in total. The average molecular weight is 188 g/mol. The van der Waals surface area contributed by atoms with Crippen molar-refractivity contribution in [1.82, 2.24) is 4.98 Å². The molecule has 0 bridgehead atoms. The number of primary amides is 1. The first-order chi connectivity index (χ1) is 6.77. The molecule has 0 aliphatic carbocycles. The normalized spacial score (nSPS) is 11.1. The van der Waals surface area contributed by atoms with Gasteiger partial charge in [0.15, 0.2) is 0 Å². The second-order valence-electron chi connectivity index (χ2n) is 2.76. The molecule has 0 radical (unpaired) electrons. The molecule has 0 atom stereocenters. The number of nitrogens with two attached hydrogens (primary N) is 1. The highest BCUT2D eigenvalue weighted by Gasteiger charge is 2.01. The number of amides is 1. The Hall–Kier alpha value is -2.10. The number of aromatic nitrogens is 1. The Bertz CT molecular complexity index is 500. The summed E-state index contributed by atoms with van der Waals surface area (Å²) in [6.07, 6.45) is 6.04. The van der Waals surface area contributed by atoms with Crippen LogP contribution in [0.2, 0.25) is 0 Å². The minimum atomic E-state index is -0.493. The summed E-state index contributed by atoms with van der Waals surface area (Å²) in [5.41, 5.74) is 6.40. The minimum Gasteiger partial charge on any atom is -0.464 e. The average Bonchev–Trinajstić information content (AvgIpc) is 2.62. The van der Waals surface area contributed by atoms with E-state index >= 15 is 0 Å². The van der Waals surface area contributed by atoms with Gasteiger partial charge in [-0.2, -0.15) is 0 Å². The Morgan fingerprint density at radius 2 is 2.36 bits per heavy atom. The van der Waals surface area contributed by atoms with E-state index in [0.29, 0.717) is 5.69 Å². The Morgan fingerprint density at radius 3 is 3.14 bits per heavy atom. The largest absolute Gasteiger partial charge is 0.464 e. The fourth-order valence-corrected chi connectivity index (χ4v) is 1.21. The molecule has 2 aromatic rings. The molecule has 0 unspecified atom stereocenters. The molecule has 4 heteroatoms. The van der Waals surface area contributed by atoms with E-state index in [1.807, 2.05) is 0 Å². The Kier molecular flexibility index (Phi) is 2.02. The highest BCUT2D eigenvalue weighted by atomic mass is 16.3. The summed E-state index contributed by atoms with van der Waals surface area (Å²) in [7, 11) is 0. The first-order valence-electron chi connectivity index (χ1n) is 4.07. The zero-order valence-corrected chi connectivity index (χ0v) is 7.31. The van der Waals surface area contributed by atoms with Crippen molar-refractivity contribution in [1.29, 1.82) is 0 Å². The molecular formula is C10H8N2O2. The Balaban J connectivity index is 2.51. The molecule has 0 aliphatic rings. The Morgan fingerprint density at radius 1 is 1.50 bits per heavy atom. The van der Waals surface area contributed by atoms with Crippen molar-refractivity contribution in [3.8, 4) is 0 Å². The van der Waals surface area contributed by atoms with Crippen LogP contribution in [-0.4, -0.2) is 10.9 Å². The molecule has 0 spiro atoms. The lowest BCUT2D eigenvalue weighted by molar-refractivity contribution is -0.113. The number of fused-ring (bicyclic) bond motifs is 1. The molecule has 0 saturated heterocycles. The third kappa shape index (κ3) is 1.50. The van der Waals surface area contributed by atoms with Crippen LogP contribution in [0.4, 0.5) is 0 Å². The van der Waals surface area contributed by atoms with Crippen molar-refractivity contribution < 1.29 is 9.21 Å². The minimum absolute atomic E-state index is 0.493. The van der Waals surface area contributed by atoms with E-state index in [1.165, 1.54) is 6.08 Å². The molecule has 2 rings (SSSR count). The number of rotatable bonds is 2. The van der Waals surface area contributed by atoms with Gasteiger partial charge in [-0.05, 0) is 18.2 Å². The van der Waals surface area contributed by atoms with Gasteiger partial charge in [-0.15, -0.1) is 0 Å². The van der Waals surface area contributed by atoms with Gasteiger partial charge in [0.1, 0.15) is 5.58 Å². The van der Waals surface area contributed by atoms with Gasteiger partial charge in [0.05, 0.1) is 12.0 Å². The predicted octanol–water partition coefficient (Wildman–Crippen LogP) is 1.33. The summed E-state index contributed by atoms with van der Waals surface area (Å²) in [5.74, 6) is -0.493. The monoisotopic (exact) mass is 188 g/mol. The second-order valence-corrected chi connectivity index (χ2v) is 2.76. The van der Waals surface area contributed by atoms with Crippen LogP contribution in [-0.2, 0) is 4.79 Å². The van der Waals surface area contributed by atoms with Crippen molar-refractivity contribution in [2.75, 3.05) is 0 Å². The number of pyridine rings is 1. The first kappa shape index (κ1) is 8.50. The smallest absolute Gasteiger partial charge is 0.241 e. The van der Waals surface area contributed by atoms with Crippen LogP contribution in [0.1, 0.15) is 5.69 Å². The van der Waals surface area contributed by atoms with E-state index in [1.54, 1.807) is 30.7 Å². The summed E-state index contributed by atoms with van der Waals surface area (Å²) in [5, 5.41) is 0.866. The SMILES string of the molecule is NC(=O)C=Cc1nccc2occc12. The molecule has 70 valence electrons. The summed E-state index contributed by atoms with van der Waals surface area (Å²) < 4.78 is 5.18. The van der Waals surface area contributed by atoms with Crippen LogP contribution in [0.3, 0.4) is 0 Å². The lowest BCUT2D eigenvalue weighted by atomic mass is 10.2. The number of nitrogens with zero attached hydrogens (tertiary/aromatic N) is 1. The maximum Gasteiger partial charge on any atom is 0.241 e. The van der Waals surface area contributed by atoms with Crippen LogP contribution in [0, 0.1) is 0 Å². The number of hydrogen-bond donors (Lipinski definition) is 1. The van der Waals surface area contributed by atoms with E-state index < -0.39 is 5.91 Å². The quantitative estimate of drug-likeness (QED) is 0.722. The summed E-state index contributed by atoms with van der Waals surface area (Å²) in [6.45, 7) is 0. The number of furan rings is 1. The van der Waals surface area contributed by atoms with Crippen molar-refractivity contribution in [2.24, 2.45) is 5.73 Å². The fourth-order valence-electron chi connectivity index (χ4n) is 1.21. The number of carbonyl (C=O) groups is 1. The van der Waals surface area contributed by atoms with Crippen molar-refractivity contribution in [3.63, 3.8) is 0 Å². The summed E-state index contributed by atoms with van der Waals surface area (Å²) >= 11 is 0. The van der Waals surface area contributed by atoms with Crippen LogP contribution in [0.25, 0.3) is 17.0 Å². The summed E-state index contributed by atoms with van der Waals surface area (Å²) in [4.78, 5) is 14.6. The highest BCUT2D eigenvalue weighted by molar-refractivity contribution is 5.93. The van der Waals surface area contributed by atoms with E-state index in [-0.39, 0.29) is 0 Å². The molecule has 1 amide bonds. The van der Waals surface area contributed by atoms with Gasteiger partial charge >= 0.3 is 0 Å². The van der Waals surface area contributed by atoms with E-state index in [0.717, 1.165) is 11.0 Å². The third-order valence-corrected chi connectivity index (χ3v) is 1.82. The second kappa shape index (κ2) is 3.33. The van der Waals surface area contributed by atoms with E-state index in [2.05, 4.69) is 4.98 Å². The van der Waals surface area contributed by atoms with Crippen LogP contribution < -0.4 is 5.73 Å². The van der Waals surface area contributed by atoms with Crippen LogP contribution >= 0.6 is 0 Å². The lowest BCUT2D eigenvalue weighted by Crippen LogP contribution is -2.05. The van der Waals surface area contributed by atoms with Gasteiger partial charge in [0.25, 0.3) is 0 Å². The molecule has 0 fully saturated rings. The number of hydrogen-bond acceptors (Lipinski definition) is 3. The molecular weight excluding hydrogens is 180 g/mol. The maximum atomic E-state index is 10.5. The van der Waals surface area contributed by atoms with Gasteiger partial charge in [0, 0.05) is 17.7 Å². The maximum absolute atomic E-state index is 10.5. The van der Waals surface area contributed by atoms with E-state index in [4.69, 9.17) is 10.2 Å². The molecule has 0 aromatic carbocycles. The summed E-state index contributed by atoms with van der Waals surface area (Å²) in [6, 6.07) is 3.56. The van der Waals surface area contributed by atoms with Crippen LogP contribution in [0.15, 0.2) is 35.1 Å². The molecule has 2 aromatic heterocycles. The van der Waals surface area contributed by atoms with Gasteiger partial charge in [-0.1, -0.05) is 0 Å². The predicted molar refractivity (Wildman–Crippen MR) is 52.2 cm³/mol. The molecule has 4 nitrogen and oxygen atoms in total. The molecule has 0 aliphatic heterocycles. The molecule has 2 heterocycles.